The largest absolute Gasteiger partial charge is 0.0883 e. The lowest BCUT2D eigenvalue weighted by Gasteiger charge is -2.45. The molecular weight excluding hydrogens is 312 g/mol. The minimum Gasteiger partial charge on any atom is -0.0883 e. The quantitative estimate of drug-likeness (QED) is 0.434. The van der Waals surface area contributed by atoms with E-state index in [-0.39, 0.29) is 0 Å². The predicted molar refractivity (Wildman–Crippen MR) is 115 cm³/mol. The fourth-order valence-electron chi connectivity index (χ4n) is 6.86. The van der Waals surface area contributed by atoms with Crippen molar-refractivity contribution < 1.29 is 0 Å². The van der Waals surface area contributed by atoms with E-state index in [0.29, 0.717) is 0 Å². The molecule has 0 aliphatic heterocycles. The molecule has 0 bridgehead atoms. The van der Waals surface area contributed by atoms with Gasteiger partial charge in [-0.25, -0.2) is 0 Å². The van der Waals surface area contributed by atoms with Crippen LogP contribution in [0.15, 0.2) is 12.2 Å². The van der Waals surface area contributed by atoms with Crippen LogP contribution >= 0.6 is 0 Å². The van der Waals surface area contributed by atoms with Crippen LogP contribution in [0.3, 0.4) is 0 Å². The van der Waals surface area contributed by atoms with Crippen LogP contribution < -0.4 is 0 Å². The van der Waals surface area contributed by atoms with Gasteiger partial charge in [-0.3, -0.25) is 0 Å². The zero-order chi connectivity index (χ0) is 18.5. The molecule has 0 nitrogen and oxygen atoms in total. The summed E-state index contributed by atoms with van der Waals surface area (Å²) in [5, 5.41) is 0. The van der Waals surface area contributed by atoms with E-state index in [4.69, 9.17) is 0 Å². The van der Waals surface area contributed by atoms with Crippen LogP contribution in [0, 0.1) is 47.3 Å². The highest BCUT2D eigenvalue weighted by molar-refractivity contribution is 4.93. The Morgan fingerprint density at radius 2 is 1.23 bits per heavy atom. The van der Waals surface area contributed by atoms with Gasteiger partial charge in [0.05, 0.1) is 0 Å². The van der Waals surface area contributed by atoms with Crippen LogP contribution in [0.2, 0.25) is 0 Å². The van der Waals surface area contributed by atoms with Crippen LogP contribution in [-0.4, -0.2) is 0 Å². The van der Waals surface area contributed by atoms with Crippen LogP contribution in [0.5, 0.6) is 0 Å². The maximum absolute atomic E-state index is 2.57. The molecule has 0 heteroatoms. The zero-order valence-electron chi connectivity index (χ0n) is 18.3. The molecule has 0 aromatic carbocycles. The van der Waals surface area contributed by atoms with Gasteiger partial charge < -0.3 is 0 Å². The van der Waals surface area contributed by atoms with Gasteiger partial charge in [-0.15, -0.1) is 0 Å². The second kappa shape index (κ2) is 9.79. The SMILES string of the molecule is CCC/C=C/C1CCC(C2CCC(C3CCC(C)C(C)C3C)CC2)CC1. The van der Waals surface area contributed by atoms with Crippen molar-refractivity contribution in [3.63, 3.8) is 0 Å². The Kier molecular flexibility index (Phi) is 7.71. The smallest absolute Gasteiger partial charge is 0.0233 e. The molecule has 0 aromatic rings. The first-order chi connectivity index (χ1) is 12.6. The average Bonchev–Trinajstić information content (AvgIpc) is 2.67. The van der Waals surface area contributed by atoms with Gasteiger partial charge in [0.2, 0.25) is 0 Å². The highest BCUT2D eigenvalue weighted by Crippen LogP contribution is 2.48. The van der Waals surface area contributed by atoms with E-state index in [9.17, 15) is 0 Å². The van der Waals surface area contributed by atoms with Gasteiger partial charge in [0.1, 0.15) is 0 Å². The van der Waals surface area contributed by atoms with Gasteiger partial charge in [-0.2, -0.15) is 0 Å². The van der Waals surface area contributed by atoms with Crippen LogP contribution in [0.4, 0.5) is 0 Å². The van der Waals surface area contributed by atoms with Crippen molar-refractivity contribution in [2.75, 3.05) is 0 Å². The zero-order valence-corrected chi connectivity index (χ0v) is 18.3. The minimum atomic E-state index is 0.903. The molecule has 26 heavy (non-hydrogen) atoms. The van der Waals surface area contributed by atoms with Gasteiger partial charge in [-0.1, -0.05) is 52.7 Å². The van der Waals surface area contributed by atoms with E-state index in [1.807, 2.05) is 0 Å². The van der Waals surface area contributed by atoms with Crippen LogP contribution in [-0.2, 0) is 0 Å². The number of allylic oxidation sites excluding steroid dienone is 2. The Labute approximate surface area is 164 Å². The Morgan fingerprint density at radius 1 is 0.654 bits per heavy atom. The lowest BCUT2D eigenvalue weighted by molar-refractivity contribution is 0.0472. The number of hydrogen-bond acceptors (Lipinski definition) is 0. The molecule has 3 aliphatic rings. The summed E-state index contributed by atoms with van der Waals surface area (Å²) in [6.45, 7) is 9.87. The number of rotatable bonds is 5. The fourth-order valence-corrected chi connectivity index (χ4v) is 6.86. The summed E-state index contributed by atoms with van der Waals surface area (Å²) in [4.78, 5) is 0. The summed E-state index contributed by atoms with van der Waals surface area (Å²) in [6, 6.07) is 0. The van der Waals surface area contributed by atoms with Crippen LogP contribution in [0.1, 0.15) is 105 Å². The summed E-state index contributed by atoms with van der Waals surface area (Å²) in [5.41, 5.74) is 0. The summed E-state index contributed by atoms with van der Waals surface area (Å²) in [7, 11) is 0. The molecule has 3 saturated carbocycles. The third-order valence-corrected chi connectivity index (χ3v) is 9.13. The number of hydrogen-bond donors (Lipinski definition) is 0. The van der Waals surface area contributed by atoms with E-state index in [0.717, 1.165) is 47.3 Å². The van der Waals surface area contributed by atoms with E-state index >= 15 is 0 Å². The maximum Gasteiger partial charge on any atom is -0.0233 e. The van der Waals surface area contributed by atoms with Crippen molar-refractivity contribution in [1.29, 1.82) is 0 Å². The standard InChI is InChI=1S/C26H46/c1-5-6-7-8-22-10-12-23(13-11-22)24-14-16-25(17-15-24)26-18-9-19(2)20(3)21(26)4/h7-8,19-26H,5-6,9-18H2,1-4H3/b8-7+. The van der Waals surface area contributed by atoms with E-state index in [1.165, 1.54) is 51.4 Å². The van der Waals surface area contributed by atoms with Crippen LogP contribution in [0.25, 0.3) is 0 Å². The Morgan fingerprint density at radius 3 is 1.85 bits per heavy atom. The third kappa shape index (κ3) is 4.96. The molecule has 0 heterocycles. The molecule has 0 saturated heterocycles. The lowest BCUT2D eigenvalue weighted by Crippen LogP contribution is -2.36. The molecule has 0 aromatic heterocycles. The minimum absolute atomic E-state index is 0.903. The molecule has 4 unspecified atom stereocenters. The summed E-state index contributed by atoms with van der Waals surface area (Å²) >= 11 is 0. The van der Waals surface area contributed by atoms with Gasteiger partial charge >= 0.3 is 0 Å². The predicted octanol–water partition coefficient (Wildman–Crippen LogP) is 8.27. The first-order valence-electron chi connectivity index (χ1n) is 12.3. The van der Waals surface area contributed by atoms with E-state index in [1.54, 1.807) is 25.7 Å². The fraction of sp³-hybridized carbons (Fsp3) is 0.923. The molecular formula is C26H46. The monoisotopic (exact) mass is 358 g/mol. The van der Waals surface area contributed by atoms with Crippen molar-refractivity contribution >= 4 is 0 Å². The molecule has 0 N–H and O–H groups in total. The van der Waals surface area contributed by atoms with Crippen molar-refractivity contribution in [3.8, 4) is 0 Å². The van der Waals surface area contributed by atoms with Crippen molar-refractivity contribution in [3.05, 3.63) is 12.2 Å². The second-order valence-electron chi connectivity index (χ2n) is 10.5. The van der Waals surface area contributed by atoms with Crippen molar-refractivity contribution in [2.24, 2.45) is 47.3 Å². The molecule has 3 aliphatic carbocycles. The third-order valence-electron chi connectivity index (χ3n) is 9.13. The number of unbranched alkanes of at least 4 members (excludes halogenated alkanes) is 1. The normalized spacial score (nSPS) is 45.1. The van der Waals surface area contributed by atoms with Crippen molar-refractivity contribution in [1.82, 2.24) is 0 Å². The first kappa shape index (κ1) is 20.5. The highest BCUT2D eigenvalue weighted by atomic mass is 14.4. The topological polar surface area (TPSA) is 0 Å². The molecule has 0 radical (unpaired) electrons. The highest BCUT2D eigenvalue weighted by Gasteiger charge is 2.38. The van der Waals surface area contributed by atoms with Gasteiger partial charge in [-0.05, 0) is 112 Å². The van der Waals surface area contributed by atoms with Gasteiger partial charge in [0.25, 0.3) is 0 Å². The second-order valence-corrected chi connectivity index (χ2v) is 10.5. The Bertz CT molecular complexity index is 419. The van der Waals surface area contributed by atoms with Gasteiger partial charge in [0, 0.05) is 0 Å². The molecule has 0 amide bonds. The van der Waals surface area contributed by atoms with E-state index in [2.05, 4.69) is 39.8 Å². The van der Waals surface area contributed by atoms with E-state index < -0.39 is 0 Å². The van der Waals surface area contributed by atoms with Gasteiger partial charge in [0.15, 0.2) is 0 Å². The summed E-state index contributed by atoms with van der Waals surface area (Å²) in [5.74, 6) is 8.01. The molecule has 3 rings (SSSR count). The Balaban J connectivity index is 1.42. The molecule has 4 atom stereocenters. The lowest BCUT2D eigenvalue weighted by atomic mass is 9.60. The first-order valence-corrected chi connectivity index (χ1v) is 12.3. The molecule has 3 fully saturated rings. The summed E-state index contributed by atoms with van der Waals surface area (Å²) in [6.07, 6.45) is 22.8. The maximum atomic E-state index is 2.57. The summed E-state index contributed by atoms with van der Waals surface area (Å²) < 4.78 is 0. The molecule has 150 valence electrons. The molecule has 0 spiro atoms. The van der Waals surface area contributed by atoms with Crippen molar-refractivity contribution in [2.45, 2.75) is 105 Å². The Hall–Kier alpha value is -0.260. The average molecular weight is 359 g/mol.